The van der Waals surface area contributed by atoms with Crippen LogP contribution in [-0.2, 0) is 10.2 Å². The summed E-state index contributed by atoms with van der Waals surface area (Å²) in [6.07, 6.45) is 5.25. The van der Waals surface area contributed by atoms with Crippen molar-refractivity contribution in [3.63, 3.8) is 0 Å². The van der Waals surface area contributed by atoms with Crippen molar-refractivity contribution in [2.75, 3.05) is 13.2 Å². The van der Waals surface area contributed by atoms with E-state index in [0.717, 1.165) is 38.5 Å². The van der Waals surface area contributed by atoms with Gasteiger partial charge in [-0.1, -0.05) is 26.2 Å². The lowest BCUT2D eigenvalue weighted by molar-refractivity contribution is 0.141. The molecule has 0 aromatic heterocycles. The maximum Gasteiger partial charge on any atom is 0.277 e. The van der Waals surface area contributed by atoms with Gasteiger partial charge in [0.15, 0.2) is 0 Å². The van der Waals surface area contributed by atoms with Crippen LogP contribution in [0.5, 0.6) is 0 Å². The van der Waals surface area contributed by atoms with Crippen molar-refractivity contribution in [1.82, 2.24) is 9.44 Å². The highest BCUT2D eigenvalue weighted by atomic mass is 32.2. The third-order valence-electron chi connectivity index (χ3n) is 3.01. The largest absolute Gasteiger partial charge is 0.394 e. The van der Waals surface area contributed by atoms with Gasteiger partial charge in [0.05, 0.1) is 12.1 Å². The number of hydrogen-bond donors (Lipinski definition) is 3. The molecule has 0 heterocycles. The zero-order chi connectivity index (χ0) is 12.1. The molecule has 0 saturated heterocycles. The Morgan fingerprint density at radius 1 is 1.25 bits per heavy atom. The van der Waals surface area contributed by atoms with E-state index < -0.39 is 15.7 Å². The number of hydrogen-bond acceptors (Lipinski definition) is 3. The predicted molar refractivity (Wildman–Crippen MR) is 63.3 cm³/mol. The summed E-state index contributed by atoms with van der Waals surface area (Å²) in [5.74, 6) is 0. The van der Waals surface area contributed by atoms with Gasteiger partial charge in [-0.05, 0) is 19.3 Å². The summed E-state index contributed by atoms with van der Waals surface area (Å²) in [5, 5.41) is 9.38. The first kappa shape index (κ1) is 13.9. The summed E-state index contributed by atoms with van der Waals surface area (Å²) in [5.41, 5.74) is -0.641. The zero-order valence-corrected chi connectivity index (χ0v) is 10.6. The van der Waals surface area contributed by atoms with E-state index in [1.165, 1.54) is 0 Å². The van der Waals surface area contributed by atoms with Crippen LogP contribution in [0.3, 0.4) is 0 Å². The minimum atomic E-state index is -3.47. The molecule has 0 atom stereocenters. The van der Waals surface area contributed by atoms with Crippen LogP contribution < -0.4 is 9.44 Å². The molecule has 0 amide bonds. The lowest BCUT2D eigenvalue weighted by Gasteiger charge is -2.35. The highest BCUT2D eigenvalue weighted by molar-refractivity contribution is 7.87. The van der Waals surface area contributed by atoms with Crippen molar-refractivity contribution in [3.8, 4) is 0 Å². The fourth-order valence-corrected chi connectivity index (χ4v) is 3.46. The molecule has 0 radical (unpaired) electrons. The fraction of sp³-hybridized carbons (Fsp3) is 1.00. The van der Waals surface area contributed by atoms with E-state index in [1.54, 1.807) is 0 Å². The molecule has 0 aliphatic heterocycles. The summed E-state index contributed by atoms with van der Waals surface area (Å²) >= 11 is 0. The second kappa shape index (κ2) is 5.95. The van der Waals surface area contributed by atoms with Gasteiger partial charge in [0, 0.05) is 6.54 Å². The Balaban J connectivity index is 2.61. The van der Waals surface area contributed by atoms with Crippen molar-refractivity contribution in [1.29, 1.82) is 0 Å². The van der Waals surface area contributed by atoms with Crippen LogP contribution >= 0.6 is 0 Å². The third kappa shape index (κ3) is 4.01. The van der Waals surface area contributed by atoms with E-state index in [1.807, 2.05) is 6.92 Å². The van der Waals surface area contributed by atoms with Crippen LogP contribution in [-0.4, -0.2) is 32.2 Å². The van der Waals surface area contributed by atoms with Gasteiger partial charge in [-0.3, -0.25) is 0 Å². The minimum absolute atomic E-state index is 0.125. The number of rotatable bonds is 6. The molecule has 16 heavy (non-hydrogen) atoms. The van der Waals surface area contributed by atoms with E-state index in [4.69, 9.17) is 0 Å². The highest BCUT2D eigenvalue weighted by Gasteiger charge is 2.35. The minimum Gasteiger partial charge on any atom is -0.394 e. The second-order valence-corrected chi connectivity index (χ2v) is 6.00. The second-order valence-electron chi connectivity index (χ2n) is 4.50. The van der Waals surface area contributed by atoms with Crippen LogP contribution in [0, 0.1) is 0 Å². The summed E-state index contributed by atoms with van der Waals surface area (Å²) < 4.78 is 28.4. The molecule has 5 nitrogen and oxygen atoms in total. The first-order chi connectivity index (χ1) is 7.54. The molecule has 1 rings (SSSR count). The van der Waals surface area contributed by atoms with Crippen molar-refractivity contribution in [2.45, 2.75) is 51.0 Å². The maximum absolute atomic E-state index is 11.7. The van der Waals surface area contributed by atoms with E-state index in [9.17, 15) is 13.5 Å². The van der Waals surface area contributed by atoms with Crippen molar-refractivity contribution < 1.29 is 13.5 Å². The molecular formula is C10H22N2O3S. The molecule has 1 fully saturated rings. The van der Waals surface area contributed by atoms with Gasteiger partial charge in [-0.2, -0.15) is 13.1 Å². The molecule has 0 spiro atoms. The third-order valence-corrected chi connectivity index (χ3v) is 4.29. The average molecular weight is 250 g/mol. The Labute approximate surface area is 97.8 Å². The molecule has 1 aliphatic rings. The number of aliphatic hydroxyl groups excluding tert-OH is 1. The van der Waals surface area contributed by atoms with Crippen LogP contribution in [0.25, 0.3) is 0 Å². The molecule has 96 valence electrons. The normalized spacial score (nSPS) is 20.9. The zero-order valence-electron chi connectivity index (χ0n) is 9.83. The smallest absolute Gasteiger partial charge is 0.277 e. The summed E-state index contributed by atoms with van der Waals surface area (Å²) in [6, 6.07) is 0. The Kier molecular flexibility index (Phi) is 5.17. The molecule has 0 aromatic carbocycles. The van der Waals surface area contributed by atoms with E-state index in [2.05, 4.69) is 9.44 Å². The van der Waals surface area contributed by atoms with Gasteiger partial charge in [0.25, 0.3) is 10.2 Å². The van der Waals surface area contributed by atoms with Crippen LogP contribution in [0.1, 0.15) is 45.4 Å². The molecule has 0 bridgehead atoms. The van der Waals surface area contributed by atoms with Gasteiger partial charge < -0.3 is 5.11 Å². The van der Waals surface area contributed by atoms with E-state index in [0.29, 0.717) is 6.54 Å². The molecule has 1 saturated carbocycles. The maximum atomic E-state index is 11.7. The first-order valence-electron chi connectivity index (χ1n) is 5.93. The van der Waals surface area contributed by atoms with Gasteiger partial charge in [-0.15, -0.1) is 0 Å². The predicted octanol–water partition coefficient (Wildman–Crippen LogP) is 0.516. The monoisotopic (exact) mass is 250 g/mol. The number of aliphatic hydroxyl groups is 1. The van der Waals surface area contributed by atoms with E-state index >= 15 is 0 Å². The summed E-state index contributed by atoms with van der Waals surface area (Å²) in [6.45, 7) is 2.21. The van der Waals surface area contributed by atoms with Gasteiger partial charge in [0.2, 0.25) is 0 Å². The van der Waals surface area contributed by atoms with Crippen molar-refractivity contribution in [3.05, 3.63) is 0 Å². The summed E-state index contributed by atoms with van der Waals surface area (Å²) in [7, 11) is -3.47. The molecule has 0 unspecified atom stereocenters. The molecule has 1 aliphatic carbocycles. The lowest BCUT2D eigenvalue weighted by atomic mass is 9.83. The Hall–Kier alpha value is -0.170. The standard InChI is InChI=1S/C10H22N2O3S/c1-2-8-11-16(14,15)12-10(9-13)6-4-3-5-7-10/h11-13H,2-9H2,1H3. The highest BCUT2D eigenvalue weighted by Crippen LogP contribution is 2.28. The first-order valence-corrected chi connectivity index (χ1v) is 7.41. The van der Waals surface area contributed by atoms with Gasteiger partial charge >= 0.3 is 0 Å². The van der Waals surface area contributed by atoms with Crippen LogP contribution in [0.4, 0.5) is 0 Å². The Bertz CT molecular complexity index is 297. The topological polar surface area (TPSA) is 78.4 Å². The molecular weight excluding hydrogens is 228 g/mol. The van der Waals surface area contributed by atoms with E-state index in [-0.39, 0.29) is 6.61 Å². The van der Waals surface area contributed by atoms with Crippen LogP contribution in [0.15, 0.2) is 0 Å². The average Bonchev–Trinajstić information content (AvgIpc) is 2.27. The number of nitrogens with one attached hydrogen (secondary N) is 2. The van der Waals surface area contributed by atoms with Gasteiger partial charge in [-0.25, -0.2) is 4.72 Å². The van der Waals surface area contributed by atoms with Gasteiger partial charge in [0.1, 0.15) is 0 Å². The molecule has 3 N–H and O–H groups in total. The lowest BCUT2D eigenvalue weighted by Crippen LogP contribution is -2.55. The fourth-order valence-electron chi connectivity index (χ4n) is 2.08. The SMILES string of the molecule is CCCNS(=O)(=O)NC1(CO)CCCCC1. The Morgan fingerprint density at radius 2 is 1.88 bits per heavy atom. The van der Waals surface area contributed by atoms with Crippen molar-refractivity contribution in [2.24, 2.45) is 0 Å². The molecule has 0 aromatic rings. The summed E-state index contributed by atoms with van der Waals surface area (Å²) in [4.78, 5) is 0. The molecule has 6 heteroatoms. The van der Waals surface area contributed by atoms with Crippen molar-refractivity contribution >= 4 is 10.2 Å². The Morgan fingerprint density at radius 3 is 2.38 bits per heavy atom. The van der Waals surface area contributed by atoms with Crippen LogP contribution in [0.2, 0.25) is 0 Å². The quantitative estimate of drug-likeness (QED) is 0.643.